The average Bonchev–Trinajstić information content (AvgIpc) is 1.56. The van der Waals surface area contributed by atoms with E-state index in [4.69, 9.17) is 1.37 Å². The quantitative estimate of drug-likeness (QED) is 0.0436. The van der Waals surface area contributed by atoms with Crippen molar-refractivity contribution in [1.29, 1.82) is 0 Å². The molecule has 2 aliphatic heterocycles. The number of nitrogens with zero attached hydrogens (tertiary/aromatic N) is 3. The minimum absolute atomic E-state index is 0. The number of benzene rings is 6. The van der Waals surface area contributed by atoms with Crippen LogP contribution in [0, 0.1) is 0 Å². The minimum atomic E-state index is -3.99. The lowest BCUT2D eigenvalue weighted by Crippen LogP contribution is -2.22. The van der Waals surface area contributed by atoms with Gasteiger partial charge in [-0.1, -0.05) is 56.0 Å². The van der Waals surface area contributed by atoms with E-state index in [1.807, 2.05) is 19.0 Å². The van der Waals surface area contributed by atoms with Crippen molar-refractivity contribution in [2.75, 3.05) is 62.8 Å². The molecular formula is C59H60FN7O15S7. The third kappa shape index (κ3) is 16.5. The summed E-state index contributed by atoms with van der Waals surface area (Å²) in [6, 6.07) is 32.6. The largest absolute Gasteiger partial charge is 0.347 e. The highest BCUT2D eigenvalue weighted by molar-refractivity contribution is 7.92. The molecule has 6 aromatic carbocycles. The van der Waals surface area contributed by atoms with Crippen molar-refractivity contribution in [3.8, 4) is 21.1 Å². The lowest BCUT2D eigenvalue weighted by atomic mass is 10.1. The van der Waals surface area contributed by atoms with Crippen molar-refractivity contribution >= 4 is 107 Å². The molecule has 0 aliphatic carbocycles. The van der Waals surface area contributed by atoms with Crippen molar-refractivity contribution in [2.24, 2.45) is 0 Å². The number of nitrogens with one attached hydrogen (secondary N) is 4. The van der Waals surface area contributed by atoms with Crippen molar-refractivity contribution in [3.05, 3.63) is 178 Å². The molecule has 0 atom stereocenters. The number of thiazole rings is 2. The first-order chi connectivity index (χ1) is 42.1. The third-order valence-corrected chi connectivity index (χ3v) is 23.2. The fourth-order valence-electron chi connectivity index (χ4n) is 8.86. The number of fused-ring (bicyclic) bond motifs is 4. The van der Waals surface area contributed by atoms with Crippen LogP contribution in [-0.2, 0) is 66.7 Å². The van der Waals surface area contributed by atoms with Crippen LogP contribution in [0.3, 0.4) is 0 Å². The first-order valence-electron chi connectivity index (χ1n) is 26.9. The number of rotatable bonds is 19. The van der Waals surface area contributed by atoms with E-state index < -0.39 is 80.2 Å². The summed E-state index contributed by atoms with van der Waals surface area (Å²) in [5, 5.41) is 12.0. The molecule has 22 nitrogen and oxygen atoms in total. The summed E-state index contributed by atoms with van der Waals surface area (Å²) in [6.07, 6.45) is 4.67. The molecule has 10 rings (SSSR count). The molecule has 2 aliphatic rings. The molecule has 4 N–H and O–H groups in total. The van der Waals surface area contributed by atoms with Gasteiger partial charge in [-0.15, -0.1) is 22.7 Å². The molecule has 0 saturated carbocycles. The lowest BCUT2D eigenvalue weighted by molar-refractivity contribution is 0.0943. The minimum Gasteiger partial charge on any atom is -0.347 e. The van der Waals surface area contributed by atoms with E-state index in [-0.39, 0.29) is 108 Å². The molecule has 0 fully saturated rings. The number of amides is 4. The van der Waals surface area contributed by atoms with Crippen LogP contribution in [0.15, 0.2) is 175 Å². The smallest absolute Gasteiger partial charge is 0.264 e. The Hall–Kier alpha value is -7.94. The maximum absolute atomic E-state index is 13.2. The van der Waals surface area contributed by atoms with Crippen LogP contribution >= 0.6 is 22.7 Å². The zero-order valence-electron chi connectivity index (χ0n) is 47.9. The molecular weight excluding hydrogens is 1290 g/mol. The topological polar surface area (TPSA) is 325 Å². The summed E-state index contributed by atoms with van der Waals surface area (Å²) < 4.78 is 145. The number of aromatic nitrogens is 2. The predicted molar refractivity (Wildman–Crippen MR) is 336 cm³/mol. The van der Waals surface area contributed by atoms with E-state index in [1.165, 1.54) is 102 Å². The molecule has 8 aromatic rings. The van der Waals surface area contributed by atoms with Gasteiger partial charge in [0.25, 0.3) is 33.7 Å². The highest BCUT2D eigenvalue weighted by Crippen LogP contribution is 2.36. The Morgan fingerprint density at radius 2 is 1.00 bits per heavy atom. The summed E-state index contributed by atoms with van der Waals surface area (Å²) >= 11 is 2.64. The molecule has 4 heterocycles. The summed E-state index contributed by atoms with van der Waals surface area (Å²) in [4.78, 5) is 63.3. The number of alkyl halides is 1. The molecule has 4 amide bonds. The second kappa shape index (κ2) is 28.7. The van der Waals surface area contributed by atoms with Gasteiger partial charge in [0.15, 0.2) is 19.7 Å². The van der Waals surface area contributed by atoms with Crippen LogP contribution in [-0.4, -0.2) is 133 Å². The van der Waals surface area contributed by atoms with Gasteiger partial charge in [0.2, 0.25) is 19.7 Å². The van der Waals surface area contributed by atoms with E-state index in [0.29, 0.717) is 33.4 Å². The maximum Gasteiger partial charge on any atom is 0.264 e. The van der Waals surface area contributed by atoms with Crippen LogP contribution in [0.5, 0.6) is 0 Å². The molecule has 0 radical (unpaired) electrons. The Balaban J connectivity index is 0.000000243. The maximum atomic E-state index is 13.2. The summed E-state index contributed by atoms with van der Waals surface area (Å²) in [5.74, 6) is -2.31. The molecule has 2 aromatic heterocycles. The fraction of sp³-hybridized carbons (Fsp3) is 0.220. The second-order valence-electron chi connectivity index (χ2n) is 19.7. The molecule has 0 spiro atoms. The van der Waals surface area contributed by atoms with Crippen LogP contribution in [0.2, 0.25) is 0 Å². The zero-order chi connectivity index (χ0) is 64.5. The molecule has 0 saturated heterocycles. The van der Waals surface area contributed by atoms with E-state index in [9.17, 15) is 65.7 Å². The number of carbonyl (C=O) groups excluding carboxylic acids is 4. The SMILES string of the molecule is C.CN(C)CCCS(=O)(=O)c1ccc(-c2ncc(CNC(=O)c3ccc4c(c3)NC(=O)c3ccccc3S4(=O)=O)s2)cc1.CS(=O)(=O)OCCCS(=O)(=O)c1ccc(-c2ncc(CNC(=O)c3ccc4c(c3)NC(=O)c3ccccc3S4(=O)=O)s2)cc1.[2H]CF. The highest BCUT2D eigenvalue weighted by Gasteiger charge is 2.33. The third-order valence-electron chi connectivity index (χ3n) is 13.1. The average molecular weight is 1350 g/mol. The number of hydrogen-bond acceptors (Lipinski definition) is 20. The highest BCUT2D eigenvalue weighted by atomic mass is 32.2. The first kappa shape index (κ1) is 67.0. The van der Waals surface area contributed by atoms with Gasteiger partial charge in [-0.05, 0) is 118 Å². The fourth-order valence-corrected chi connectivity index (χ4v) is 16.8. The zero-order valence-corrected chi connectivity index (χ0v) is 52.6. The van der Waals surface area contributed by atoms with Gasteiger partial charge in [0.05, 0.1) is 97.9 Å². The number of carbonyl (C=O) groups is 4. The Bertz CT molecular complexity index is 4590. The summed E-state index contributed by atoms with van der Waals surface area (Å²) in [5.41, 5.74) is 1.85. The van der Waals surface area contributed by atoms with Crippen molar-refractivity contribution in [2.45, 2.75) is 62.7 Å². The van der Waals surface area contributed by atoms with E-state index in [2.05, 4.69) is 35.4 Å². The van der Waals surface area contributed by atoms with Gasteiger partial charge in [-0.25, -0.2) is 43.6 Å². The molecule has 89 heavy (non-hydrogen) atoms. The van der Waals surface area contributed by atoms with Crippen LogP contribution in [0.4, 0.5) is 15.8 Å². The second-order valence-corrected chi connectivity index (χ2v) is 31.5. The van der Waals surface area contributed by atoms with Crippen molar-refractivity contribution in [3.63, 3.8) is 0 Å². The number of anilines is 2. The van der Waals surface area contributed by atoms with Crippen LogP contribution < -0.4 is 21.3 Å². The Labute approximate surface area is 524 Å². The first-order valence-corrected chi connectivity index (χ1v) is 35.9. The number of halogens is 1. The van der Waals surface area contributed by atoms with E-state index in [0.717, 1.165) is 16.7 Å². The Kier molecular flexibility index (Phi) is 21.6. The standard InChI is InChI=1S/C29H28N4O6S3.C28H25N3O9S4.CH3F.CH4/c1-33(2)14-5-15-41(36,37)22-11-8-19(9-12-22)29-31-18-21(40-29)17-30-27(34)20-10-13-26-24(16-20)32-28(35)23-6-3-4-7-25(23)42(26,38)39;1-42(34,35)40-13-4-14-43(36,37)21-10-7-18(8-11-21)28-30-17-20(41-28)16-29-26(32)19-9-12-25-23(15-19)31-27(33)22-5-2-3-6-24(22)44(25,38)39;1-2;/h3-4,6-13,16,18H,5,14-15,17H2,1-2H3,(H,30,34)(H,32,35);2-3,5-12,15,17H,4,13-14,16H2,1H3,(H,29,32)(H,31,33);1H3;1H4/i;;1D;. The Morgan fingerprint density at radius 1 is 0.607 bits per heavy atom. The molecule has 470 valence electrons. The summed E-state index contributed by atoms with van der Waals surface area (Å²) in [6.45, 7) is 0.748. The van der Waals surface area contributed by atoms with Gasteiger partial charge in [0.1, 0.15) is 10.0 Å². The summed E-state index contributed by atoms with van der Waals surface area (Å²) in [7, 11) is -15.8. The van der Waals surface area contributed by atoms with Gasteiger partial charge < -0.3 is 26.2 Å². The number of sulfone groups is 4. The van der Waals surface area contributed by atoms with Gasteiger partial charge >= 0.3 is 0 Å². The van der Waals surface area contributed by atoms with E-state index in [1.54, 1.807) is 67.0 Å². The molecule has 30 heteroatoms. The van der Waals surface area contributed by atoms with Crippen molar-refractivity contribution < 1.29 is 71.2 Å². The van der Waals surface area contributed by atoms with Gasteiger partial charge in [-0.2, -0.15) is 8.42 Å². The monoisotopic (exact) mass is 1350 g/mol. The molecule has 0 unspecified atom stereocenters. The normalized spacial score (nSPS) is 13.8. The number of hydrogen-bond donors (Lipinski definition) is 4. The van der Waals surface area contributed by atoms with Gasteiger partial charge in [0, 0.05) is 44.4 Å². The van der Waals surface area contributed by atoms with E-state index >= 15 is 0 Å². The lowest BCUT2D eigenvalue weighted by Gasteiger charge is -2.10. The van der Waals surface area contributed by atoms with Gasteiger partial charge in [-0.3, -0.25) is 27.8 Å². The van der Waals surface area contributed by atoms with Crippen molar-refractivity contribution in [1.82, 2.24) is 25.5 Å². The van der Waals surface area contributed by atoms with Crippen LogP contribution in [0.1, 0.15) is 72.8 Å². The Morgan fingerprint density at radius 3 is 1.39 bits per heavy atom. The molecule has 0 bridgehead atoms. The van der Waals surface area contributed by atoms with Crippen LogP contribution in [0.25, 0.3) is 21.1 Å². The predicted octanol–water partition coefficient (Wildman–Crippen LogP) is 8.36.